The first-order chi connectivity index (χ1) is 18.2. The highest BCUT2D eigenvalue weighted by Crippen LogP contribution is 2.34. The molecule has 0 aliphatic rings. The Bertz CT molecular complexity index is 1530. The fourth-order valence-corrected chi connectivity index (χ4v) is 4.50. The van der Waals surface area contributed by atoms with Crippen molar-refractivity contribution in [2.75, 3.05) is 25.2 Å². The summed E-state index contributed by atoms with van der Waals surface area (Å²) in [5.41, 5.74) is 2.78. The number of ether oxygens (including phenoxy) is 1. The normalized spacial score (nSPS) is 11.9. The van der Waals surface area contributed by atoms with Gasteiger partial charge >= 0.3 is 0 Å². The van der Waals surface area contributed by atoms with E-state index in [1.807, 2.05) is 97.1 Å². The number of fused-ring (bicyclic) bond motifs is 2. The Hall–Kier alpha value is -4.56. The van der Waals surface area contributed by atoms with E-state index in [0.29, 0.717) is 29.9 Å². The minimum absolute atomic E-state index is 0.0849. The Morgan fingerprint density at radius 2 is 1.65 bits per heavy atom. The molecule has 2 amide bonds. The summed E-state index contributed by atoms with van der Waals surface area (Å²) in [5.74, 6) is -0.587. The molecule has 1 atom stereocenters. The zero-order chi connectivity index (χ0) is 25.6. The Balaban J connectivity index is 1.64. The molecule has 4 aromatic carbocycles. The highest BCUT2D eigenvalue weighted by atomic mass is 16.5. The Morgan fingerprint density at radius 3 is 2.49 bits per heavy atom. The lowest BCUT2D eigenvalue weighted by molar-refractivity contribution is -0.127. The number of carbonyl (C=O) groups excluding carboxylic acids is 2. The van der Waals surface area contributed by atoms with Gasteiger partial charge in [0, 0.05) is 19.0 Å². The molecule has 0 aliphatic heterocycles. The molecule has 0 radical (unpaired) electrons. The summed E-state index contributed by atoms with van der Waals surface area (Å²) in [7, 11) is 1.58. The van der Waals surface area contributed by atoms with Gasteiger partial charge in [-0.25, -0.2) is 4.68 Å². The molecule has 0 aliphatic carbocycles. The van der Waals surface area contributed by atoms with Crippen LogP contribution in [0.1, 0.15) is 11.6 Å². The van der Waals surface area contributed by atoms with E-state index in [1.54, 1.807) is 16.7 Å². The first-order valence-electron chi connectivity index (χ1n) is 12.1. The molecule has 0 spiro atoms. The quantitative estimate of drug-likeness (QED) is 0.312. The number of anilines is 1. The topological polar surface area (TPSA) is 89.4 Å². The lowest BCUT2D eigenvalue weighted by atomic mass is 10.0. The van der Waals surface area contributed by atoms with Crippen LogP contribution in [0, 0.1) is 0 Å². The van der Waals surface area contributed by atoms with Gasteiger partial charge in [-0.2, -0.15) is 0 Å². The molecule has 0 bridgehead atoms. The van der Waals surface area contributed by atoms with Crippen molar-refractivity contribution in [1.82, 2.24) is 20.3 Å². The van der Waals surface area contributed by atoms with Crippen LogP contribution in [0.3, 0.4) is 0 Å². The number of para-hydroxylation sites is 1. The number of nitrogens with one attached hydrogen (secondary N) is 1. The number of hydrogen-bond donors (Lipinski definition) is 1. The zero-order valence-corrected chi connectivity index (χ0v) is 20.4. The maximum atomic E-state index is 14.2. The largest absolute Gasteiger partial charge is 0.383 e. The fourth-order valence-electron chi connectivity index (χ4n) is 4.50. The number of carbonyl (C=O) groups is 2. The summed E-state index contributed by atoms with van der Waals surface area (Å²) >= 11 is 0. The molecular weight excluding hydrogens is 466 g/mol. The second-order valence-electron chi connectivity index (χ2n) is 8.59. The average Bonchev–Trinajstić information content (AvgIpc) is 3.34. The van der Waals surface area contributed by atoms with Crippen LogP contribution < -0.4 is 10.2 Å². The lowest BCUT2D eigenvalue weighted by Crippen LogP contribution is -2.46. The number of hydrogen-bond acceptors (Lipinski definition) is 5. The van der Waals surface area contributed by atoms with Crippen molar-refractivity contribution in [3.05, 3.63) is 103 Å². The molecule has 8 heteroatoms. The van der Waals surface area contributed by atoms with Gasteiger partial charge in [0.1, 0.15) is 18.1 Å². The predicted octanol–water partition coefficient (Wildman–Crippen LogP) is 4.12. The van der Waals surface area contributed by atoms with Crippen molar-refractivity contribution in [1.29, 1.82) is 0 Å². The second-order valence-corrected chi connectivity index (χ2v) is 8.59. The van der Waals surface area contributed by atoms with Crippen molar-refractivity contribution in [2.45, 2.75) is 12.6 Å². The monoisotopic (exact) mass is 493 g/mol. The van der Waals surface area contributed by atoms with Gasteiger partial charge in [-0.1, -0.05) is 84.1 Å². The molecule has 5 rings (SSSR count). The molecule has 1 heterocycles. The van der Waals surface area contributed by atoms with Gasteiger partial charge in [0.05, 0.1) is 17.8 Å². The van der Waals surface area contributed by atoms with Crippen LogP contribution in [0.5, 0.6) is 0 Å². The van der Waals surface area contributed by atoms with Crippen LogP contribution in [-0.2, 0) is 20.9 Å². The summed E-state index contributed by atoms with van der Waals surface area (Å²) < 4.78 is 6.70. The maximum Gasteiger partial charge on any atom is 0.249 e. The van der Waals surface area contributed by atoms with Crippen molar-refractivity contribution < 1.29 is 14.3 Å². The van der Waals surface area contributed by atoms with Gasteiger partial charge in [0.25, 0.3) is 0 Å². The van der Waals surface area contributed by atoms with Crippen molar-refractivity contribution in [3.8, 4) is 0 Å². The van der Waals surface area contributed by atoms with Crippen molar-refractivity contribution >= 4 is 39.3 Å². The van der Waals surface area contributed by atoms with Crippen molar-refractivity contribution in [3.63, 3.8) is 0 Å². The first kappa shape index (κ1) is 24.1. The van der Waals surface area contributed by atoms with Gasteiger partial charge in [-0.3, -0.25) is 14.5 Å². The van der Waals surface area contributed by atoms with Gasteiger partial charge in [-0.15, -0.1) is 5.10 Å². The summed E-state index contributed by atoms with van der Waals surface area (Å²) in [4.78, 5) is 29.5. The number of benzene rings is 4. The van der Waals surface area contributed by atoms with Crippen LogP contribution in [-0.4, -0.2) is 47.1 Å². The van der Waals surface area contributed by atoms with Gasteiger partial charge in [0.15, 0.2) is 0 Å². The van der Waals surface area contributed by atoms with Gasteiger partial charge < -0.3 is 10.1 Å². The number of amides is 2. The highest BCUT2D eigenvalue weighted by molar-refractivity contribution is 6.08. The van der Waals surface area contributed by atoms with Crippen LogP contribution in [0.15, 0.2) is 97.1 Å². The van der Waals surface area contributed by atoms with Crippen molar-refractivity contribution in [2.24, 2.45) is 0 Å². The molecule has 5 aromatic rings. The second kappa shape index (κ2) is 11.0. The van der Waals surface area contributed by atoms with E-state index in [2.05, 4.69) is 15.6 Å². The van der Waals surface area contributed by atoms with E-state index in [1.165, 1.54) is 0 Å². The van der Waals surface area contributed by atoms with E-state index in [9.17, 15) is 9.59 Å². The molecule has 0 unspecified atom stereocenters. The van der Waals surface area contributed by atoms with Crippen LogP contribution in [0.4, 0.5) is 5.69 Å². The number of aromatic nitrogens is 3. The van der Waals surface area contributed by atoms with E-state index in [0.717, 1.165) is 16.3 Å². The molecule has 8 nitrogen and oxygen atoms in total. The fraction of sp³-hybridized carbons (Fsp3) is 0.172. The van der Waals surface area contributed by atoms with Gasteiger partial charge in [-0.05, 0) is 29.1 Å². The molecule has 0 saturated heterocycles. The third-order valence-corrected chi connectivity index (χ3v) is 6.23. The van der Waals surface area contributed by atoms with Crippen LogP contribution in [0.2, 0.25) is 0 Å². The highest BCUT2D eigenvalue weighted by Gasteiger charge is 2.34. The molecule has 186 valence electrons. The first-order valence-corrected chi connectivity index (χ1v) is 12.1. The molecule has 1 N–H and O–H groups in total. The van der Waals surface area contributed by atoms with Gasteiger partial charge in [0.2, 0.25) is 11.8 Å². The van der Waals surface area contributed by atoms with E-state index in [-0.39, 0.29) is 18.4 Å². The summed E-state index contributed by atoms with van der Waals surface area (Å²) in [6, 6.07) is 29.5. The summed E-state index contributed by atoms with van der Waals surface area (Å²) in [5, 5.41) is 13.2. The van der Waals surface area contributed by atoms with Crippen LogP contribution >= 0.6 is 0 Å². The predicted molar refractivity (Wildman–Crippen MR) is 143 cm³/mol. The van der Waals surface area contributed by atoms with E-state index < -0.39 is 6.04 Å². The molecule has 0 fully saturated rings. The zero-order valence-electron chi connectivity index (χ0n) is 20.4. The number of nitrogens with zero attached hydrogens (tertiary/aromatic N) is 4. The Morgan fingerprint density at radius 1 is 0.919 bits per heavy atom. The molecule has 37 heavy (non-hydrogen) atoms. The standard InChI is InChI=1S/C29H27N5O3/c1-37-19-18-30-29(36)28(22-11-3-2-4-12-22)34(25-17-9-13-21-10-5-6-14-23(21)25)27(35)20-33-26-16-8-7-15-24(26)31-32-33/h2-17,28H,18-20H2,1H3,(H,30,36)/t28-/m1/s1. The Kier molecular flexibility index (Phi) is 7.19. The third-order valence-electron chi connectivity index (χ3n) is 6.23. The maximum absolute atomic E-state index is 14.2. The minimum atomic E-state index is -0.911. The number of rotatable bonds is 9. The average molecular weight is 494 g/mol. The molecular formula is C29H27N5O3. The minimum Gasteiger partial charge on any atom is -0.383 e. The molecule has 0 saturated carbocycles. The Labute approximate surface area is 214 Å². The smallest absolute Gasteiger partial charge is 0.249 e. The number of methoxy groups -OCH3 is 1. The summed E-state index contributed by atoms with van der Waals surface area (Å²) in [6.45, 7) is 0.600. The van der Waals surface area contributed by atoms with E-state index in [4.69, 9.17) is 4.74 Å². The van der Waals surface area contributed by atoms with Crippen LogP contribution in [0.25, 0.3) is 21.8 Å². The lowest BCUT2D eigenvalue weighted by Gasteiger charge is -2.32. The summed E-state index contributed by atoms with van der Waals surface area (Å²) in [6.07, 6.45) is 0. The third kappa shape index (κ3) is 5.05. The van der Waals surface area contributed by atoms with E-state index >= 15 is 0 Å². The molecule has 1 aromatic heterocycles. The SMILES string of the molecule is COCCNC(=O)[C@@H](c1ccccc1)N(C(=O)Cn1nnc2ccccc21)c1cccc2ccccc12.